The van der Waals surface area contributed by atoms with Crippen LogP contribution in [0.4, 0.5) is 0 Å². The van der Waals surface area contributed by atoms with Crippen molar-refractivity contribution in [2.24, 2.45) is 0 Å². The first kappa shape index (κ1) is 13.0. The summed E-state index contributed by atoms with van der Waals surface area (Å²) >= 11 is 0. The van der Waals surface area contributed by atoms with Crippen molar-refractivity contribution in [3.63, 3.8) is 0 Å². The van der Waals surface area contributed by atoms with Crippen molar-refractivity contribution in [1.29, 1.82) is 0 Å². The van der Waals surface area contributed by atoms with Crippen LogP contribution >= 0.6 is 0 Å². The summed E-state index contributed by atoms with van der Waals surface area (Å²) < 4.78 is 0. The molecule has 2 N–H and O–H groups in total. The predicted molar refractivity (Wildman–Crippen MR) is 70.8 cm³/mol. The first-order chi connectivity index (χ1) is 9.16. The third-order valence-electron chi connectivity index (χ3n) is 2.71. The van der Waals surface area contributed by atoms with Crippen LogP contribution < -0.4 is 5.32 Å². The fraction of sp³-hybridized carbons (Fsp3) is 0.214. The summed E-state index contributed by atoms with van der Waals surface area (Å²) in [6.07, 6.45) is 6.88. The molecule has 2 aromatic rings. The Bertz CT molecular complexity index is 558. The topological polar surface area (TPSA) is 75.1 Å². The van der Waals surface area contributed by atoms with Crippen LogP contribution in [0.25, 0.3) is 0 Å². The Morgan fingerprint density at radius 2 is 1.95 bits per heavy atom. The van der Waals surface area contributed by atoms with Crippen molar-refractivity contribution >= 4 is 5.91 Å². The molecule has 1 amide bonds. The fourth-order valence-corrected chi connectivity index (χ4v) is 1.80. The summed E-state index contributed by atoms with van der Waals surface area (Å²) in [6.45, 7) is 1.91. The molecule has 2 aromatic heterocycles. The Balaban J connectivity index is 1.98. The highest BCUT2D eigenvalue weighted by atomic mass is 16.3. The van der Waals surface area contributed by atoms with Gasteiger partial charge in [0.25, 0.3) is 5.91 Å². The minimum Gasteiger partial charge on any atom is -0.505 e. The number of amides is 1. The Morgan fingerprint density at radius 1 is 1.26 bits per heavy atom. The van der Waals surface area contributed by atoms with Crippen molar-refractivity contribution in [3.8, 4) is 5.75 Å². The van der Waals surface area contributed by atoms with Gasteiger partial charge >= 0.3 is 0 Å². The lowest BCUT2D eigenvalue weighted by molar-refractivity contribution is 0.0937. The second kappa shape index (κ2) is 5.95. The number of rotatable bonds is 4. The molecule has 19 heavy (non-hydrogen) atoms. The maximum Gasteiger partial charge on any atom is 0.255 e. The van der Waals surface area contributed by atoms with E-state index in [1.54, 1.807) is 12.4 Å². The molecule has 98 valence electrons. The lowest BCUT2D eigenvalue weighted by atomic mass is 10.1. The van der Waals surface area contributed by atoms with E-state index in [0.29, 0.717) is 6.42 Å². The number of pyridine rings is 2. The molecule has 0 saturated heterocycles. The number of carbonyl (C=O) groups is 1. The predicted octanol–water partition coefficient (Wildman–Crippen LogP) is 1.54. The van der Waals surface area contributed by atoms with Crippen molar-refractivity contribution in [2.75, 3.05) is 0 Å². The normalized spacial score (nSPS) is 11.8. The zero-order chi connectivity index (χ0) is 13.7. The van der Waals surface area contributed by atoms with E-state index in [0.717, 1.165) is 5.56 Å². The Hall–Kier alpha value is -2.43. The summed E-state index contributed by atoms with van der Waals surface area (Å²) in [5.74, 6) is -0.419. The van der Waals surface area contributed by atoms with Crippen LogP contribution in [-0.4, -0.2) is 27.0 Å². The summed E-state index contributed by atoms with van der Waals surface area (Å²) in [6, 6.07) is 5.27. The minimum atomic E-state index is -0.304. The largest absolute Gasteiger partial charge is 0.505 e. The van der Waals surface area contributed by atoms with E-state index < -0.39 is 0 Å². The highest BCUT2D eigenvalue weighted by molar-refractivity contribution is 5.96. The van der Waals surface area contributed by atoms with Gasteiger partial charge in [0.05, 0.1) is 11.8 Å². The van der Waals surface area contributed by atoms with Gasteiger partial charge in [0.15, 0.2) is 0 Å². The van der Waals surface area contributed by atoms with E-state index >= 15 is 0 Å². The number of nitrogens with zero attached hydrogens (tertiary/aromatic N) is 2. The molecule has 5 heteroatoms. The number of aromatic nitrogens is 2. The molecule has 1 atom stereocenters. The number of aromatic hydroxyl groups is 1. The summed E-state index contributed by atoms with van der Waals surface area (Å²) in [5.41, 5.74) is 1.33. The lowest BCUT2D eigenvalue weighted by Crippen LogP contribution is -2.34. The molecule has 2 heterocycles. The first-order valence-corrected chi connectivity index (χ1v) is 5.99. The quantitative estimate of drug-likeness (QED) is 0.871. The smallest absolute Gasteiger partial charge is 0.255 e. The summed E-state index contributed by atoms with van der Waals surface area (Å²) in [4.78, 5) is 19.6. The van der Waals surface area contributed by atoms with E-state index in [-0.39, 0.29) is 23.3 Å². The van der Waals surface area contributed by atoms with E-state index in [2.05, 4.69) is 15.3 Å². The van der Waals surface area contributed by atoms with Gasteiger partial charge in [-0.15, -0.1) is 0 Å². The molecular weight excluding hydrogens is 242 g/mol. The van der Waals surface area contributed by atoms with Crippen molar-refractivity contribution in [2.45, 2.75) is 19.4 Å². The Morgan fingerprint density at radius 3 is 2.63 bits per heavy atom. The number of nitrogens with one attached hydrogen (secondary N) is 1. The van der Waals surface area contributed by atoms with Crippen LogP contribution in [0.2, 0.25) is 0 Å². The van der Waals surface area contributed by atoms with Gasteiger partial charge in [0.1, 0.15) is 5.75 Å². The third kappa shape index (κ3) is 3.51. The van der Waals surface area contributed by atoms with Crippen LogP contribution in [0.15, 0.2) is 43.0 Å². The zero-order valence-corrected chi connectivity index (χ0v) is 10.6. The maximum atomic E-state index is 12.0. The van der Waals surface area contributed by atoms with Gasteiger partial charge in [-0.25, -0.2) is 0 Å². The molecule has 0 aliphatic carbocycles. The molecule has 0 radical (unpaired) electrons. The second-order valence-electron chi connectivity index (χ2n) is 4.33. The Kier molecular flexibility index (Phi) is 4.07. The highest BCUT2D eigenvalue weighted by Crippen LogP contribution is 2.14. The summed E-state index contributed by atoms with van der Waals surface area (Å²) in [7, 11) is 0. The van der Waals surface area contributed by atoms with Crippen LogP contribution in [-0.2, 0) is 6.42 Å². The third-order valence-corrected chi connectivity index (χ3v) is 2.71. The van der Waals surface area contributed by atoms with Gasteiger partial charge in [0.2, 0.25) is 0 Å². The average Bonchev–Trinajstić information content (AvgIpc) is 2.40. The molecular formula is C14H15N3O2. The highest BCUT2D eigenvalue weighted by Gasteiger charge is 2.13. The van der Waals surface area contributed by atoms with E-state index in [9.17, 15) is 9.90 Å². The number of carbonyl (C=O) groups excluding carboxylic acids is 1. The maximum absolute atomic E-state index is 12.0. The lowest BCUT2D eigenvalue weighted by Gasteiger charge is -2.14. The molecule has 0 unspecified atom stereocenters. The molecule has 0 saturated carbocycles. The van der Waals surface area contributed by atoms with Crippen LogP contribution in [0.1, 0.15) is 22.8 Å². The van der Waals surface area contributed by atoms with Crippen molar-refractivity contribution < 1.29 is 9.90 Å². The first-order valence-electron chi connectivity index (χ1n) is 5.99. The van der Waals surface area contributed by atoms with Gasteiger partial charge in [-0.2, -0.15) is 0 Å². The molecule has 0 fully saturated rings. The number of hydrogen-bond donors (Lipinski definition) is 2. The van der Waals surface area contributed by atoms with Crippen LogP contribution in [0.5, 0.6) is 5.75 Å². The van der Waals surface area contributed by atoms with Gasteiger partial charge in [-0.3, -0.25) is 14.8 Å². The molecule has 0 aliphatic rings. The molecule has 0 spiro atoms. The SMILES string of the molecule is C[C@@H](Cc1ccncc1)NC(=O)c1ccncc1O. The average molecular weight is 257 g/mol. The van der Waals surface area contributed by atoms with E-state index in [1.807, 2.05) is 19.1 Å². The molecule has 5 nitrogen and oxygen atoms in total. The monoisotopic (exact) mass is 257 g/mol. The van der Waals surface area contributed by atoms with Crippen molar-refractivity contribution in [3.05, 3.63) is 54.1 Å². The van der Waals surface area contributed by atoms with Gasteiger partial charge in [0, 0.05) is 24.6 Å². The van der Waals surface area contributed by atoms with E-state index in [1.165, 1.54) is 18.5 Å². The van der Waals surface area contributed by atoms with Gasteiger partial charge in [-0.05, 0) is 37.1 Å². The standard InChI is InChI=1S/C14H15N3O2/c1-10(8-11-2-5-15-6-3-11)17-14(19)12-4-7-16-9-13(12)18/h2-7,9-10,18H,8H2,1H3,(H,17,19)/t10-/m0/s1. The van der Waals surface area contributed by atoms with Crippen molar-refractivity contribution in [1.82, 2.24) is 15.3 Å². The molecule has 2 rings (SSSR count). The molecule has 0 aromatic carbocycles. The van der Waals surface area contributed by atoms with Gasteiger partial charge < -0.3 is 10.4 Å². The van der Waals surface area contributed by atoms with Crippen LogP contribution in [0, 0.1) is 0 Å². The van der Waals surface area contributed by atoms with E-state index in [4.69, 9.17) is 0 Å². The summed E-state index contributed by atoms with van der Waals surface area (Å²) in [5, 5.41) is 12.4. The minimum absolute atomic E-state index is 0.0394. The number of hydrogen-bond acceptors (Lipinski definition) is 4. The van der Waals surface area contributed by atoms with Gasteiger partial charge in [-0.1, -0.05) is 0 Å². The second-order valence-corrected chi connectivity index (χ2v) is 4.33. The molecule has 0 aliphatic heterocycles. The molecule has 0 bridgehead atoms. The zero-order valence-electron chi connectivity index (χ0n) is 10.6. The Labute approximate surface area is 111 Å². The fourth-order valence-electron chi connectivity index (χ4n) is 1.80. The van der Waals surface area contributed by atoms with Crippen LogP contribution in [0.3, 0.4) is 0 Å².